The van der Waals surface area contributed by atoms with Gasteiger partial charge in [0, 0.05) is 54.2 Å². The van der Waals surface area contributed by atoms with Crippen LogP contribution in [0.25, 0.3) is 0 Å². The normalized spacial score (nSPS) is 8.58. The van der Waals surface area contributed by atoms with E-state index in [2.05, 4.69) is 64.6 Å². The maximum atomic E-state index is 10.6. The number of hydrogen-bond acceptors (Lipinski definition) is 2. The Morgan fingerprint density at radius 3 is 1.53 bits per heavy atom. The first kappa shape index (κ1) is 21.0. The van der Waals surface area contributed by atoms with Crippen LogP contribution in [-0.2, 0) is 0 Å². The molecule has 0 atom stereocenters. The van der Waals surface area contributed by atoms with Gasteiger partial charge in [0.2, 0.25) is 0 Å². The number of H-pyrrole nitrogens is 3. The van der Waals surface area contributed by atoms with Gasteiger partial charge < -0.3 is 5.10 Å². The molecular weight excluding hydrogens is 470 g/mol. The Labute approximate surface area is 137 Å². The van der Waals surface area contributed by atoms with E-state index < -0.39 is 0 Å². The third-order valence-corrected chi connectivity index (χ3v) is 2.76. The van der Waals surface area contributed by atoms with Crippen molar-refractivity contribution >= 4 is 37.2 Å². The maximum Gasteiger partial charge on any atom is 0.267 e. The Balaban J connectivity index is 0. The van der Waals surface area contributed by atoms with Crippen LogP contribution >= 0.6 is 37.2 Å². The minimum atomic E-state index is -0.0255. The molecule has 0 aliphatic heterocycles. The zero-order chi connectivity index (χ0) is 14.3. The van der Waals surface area contributed by atoms with Gasteiger partial charge in [-0.1, -0.05) is 7.43 Å². The average Bonchev–Trinajstić information content (AvgIpc) is 2.83. The van der Waals surface area contributed by atoms with Gasteiger partial charge in [0.15, 0.2) is 0 Å². The van der Waals surface area contributed by atoms with Gasteiger partial charge >= 0.3 is 0 Å². The van der Waals surface area contributed by atoms with Gasteiger partial charge in [0.05, 0.1) is 5.69 Å². The smallest absolute Gasteiger partial charge is 0.267 e. The molecule has 5 nitrogen and oxygen atoms in total. The van der Waals surface area contributed by atoms with Crippen molar-refractivity contribution < 1.29 is 0 Å². The van der Waals surface area contributed by atoms with Crippen molar-refractivity contribution in [2.45, 2.75) is 42.0 Å². The lowest BCUT2D eigenvalue weighted by molar-refractivity contribution is 1.02. The number of nitrogens with one attached hydrogen (secondary N) is 3. The first-order chi connectivity index (χ1) is 8.43. The summed E-state index contributed by atoms with van der Waals surface area (Å²) >= 11 is 4.24. The van der Waals surface area contributed by atoms with Crippen molar-refractivity contribution in [3.05, 3.63) is 38.6 Å². The lowest BCUT2D eigenvalue weighted by atomic mass is 10.2. The highest BCUT2D eigenvalue weighted by Gasteiger charge is 1.96. The molecule has 0 aliphatic carbocycles. The number of halogens is 2. The second-order valence-corrected chi connectivity index (χ2v) is 3.89. The number of hydrogen-bond donors (Lipinski definition) is 3. The van der Waals surface area contributed by atoms with Crippen molar-refractivity contribution in [3.63, 3.8) is 0 Å². The van der Waals surface area contributed by atoms with Crippen LogP contribution in [0.2, 0.25) is 0 Å². The van der Waals surface area contributed by atoms with Crippen LogP contribution in [0, 0.1) is 34.6 Å². The molecule has 0 saturated carbocycles. The Hall–Kier alpha value is -0.320. The van der Waals surface area contributed by atoms with Crippen molar-refractivity contribution in [2.75, 3.05) is 0 Å². The molecule has 2 aromatic heterocycles. The molecule has 2 aromatic rings. The van der Waals surface area contributed by atoms with Crippen molar-refractivity contribution in [2.24, 2.45) is 0 Å². The highest BCUT2D eigenvalue weighted by atomic mass is 128. The van der Waals surface area contributed by atoms with Gasteiger partial charge in [-0.15, -0.1) is 0 Å². The topological polar surface area (TPSA) is 77.3 Å². The zero-order valence-electron chi connectivity index (χ0n) is 11.1. The molecule has 0 amide bonds. The fraction of sp³-hybridized carbons (Fsp3) is 0.500. The van der Waals surface area contributed by atoms with E-state index in [1.54, 1.807) is 6.92 Å². The molecule has 2 rings (SSSR count). The highest BCUT2D eigenvalue weighted by molar-refractivity contribution is 15.0. The summed E-state index contributed by atoms with van der Waals surface area (Å²) in [5.41, 5.74) is 5.19. The van der Waals surface area contributed by atoms with Gasteiger partial charge in [-0.25, -0.2) is 0 Å². The predicted octanol–water partition coefficient (Wildman–Crippen LogP) is 4.06. The Morgan fingerprint density at radius 1 is 0.895 bits per heavy atom. The zero-order valence-corrected chi connectivity index (χ0v) is 15.4. The summed E-state index contributed by atoms with van der Waals surface area (Å²) < 4.78 is 0. The fourth-order valence-corrected chi connectivity index (χ4v) is 1.12. The fourth-order valence-electron chi connectivity index (χ4n) is 1.12. The van der Waals surface area contributed by atoms with E-state index in [0.717, 1.165) is 17.0 Å². The number of aromatic nitrogens is 4. The summed E-state index contributed by atoms with van der Waals surface area (Å²) in [5, 5.41) is 12.0. The van der Waals surface area contributed by atoms with Crippen molar-refractivity contribution in [3.8, 4) is 0 Å². The Bertz CT molecular complexity index is 509. The average molecular weight is 492 g/mol. The van der Waals surface area contributed by atoms with Crippen molar-refractivity contribution in [1.29, 1.82) is 0 Å². The number of aryl methyl sites for hydroxylation is 3. The summed E-state index contributed by atoms with van der Waals surface area (Å²) in [6.45, 7) is 9.72. The molecule has 0 spiro atoms. The molecule has 110 valence electrons. The summed E-state index contributed by atoms with van der Waals surface area (Å²) in [6.07, 6.45) is 0. The molecule has 0 saturated heterocycles. The highest BCUT2D eigenvalue weighted by Crippen LogP contribution is 2.04. The van der Waals surface area contributed by atoms with Gasteiger partial charge in [0.1, 0.15) is 0 Å². The molecule has 7 heteroatoms. The molecule has 0 fully saturated rings. The van der Waals surface area contributed by atoms with Gasteiger partial charge in [0.25, 0.3) is 5.56 Å². The second-order valence-electron chi connectivity index (χ2n) is 3.89. The van der Waals surface area contributed by atoms with Gasteiger partial charge in [-0.3, -0.25) is 15.0 Å². The van der Waals surface area contributed by atoms with E-state index in [-0.39, 0.29) is 13.0 Å². The largest absolute Gasteiger partial charge is 0.302 e. The summed E-state index contributed by atoms with van der Waals surface area (Å²) in [4.78, 5) is 10.6. The van der Waals surface area contributed by atoms with E-state index in [4.69, 9.17) is 0 Å². The first-order valence-electron chi connectivity index (χ1n) is 5.29. The molecule has 0 aromatic carbocycles. The number of aromatic amines is 3. The predicted molar refractivity (Wildman–Crippen MR) is 98.5 cm³/mol. The summed E-state index contributed by atoms with van der Waals surface area (Å²) in [7, 11) is 0. The van der Waals surface area contributed by atoms with E-state index in [0.29, 0.717) is 0 Å². The van der Waals surface area contributed by atoms with E-state index in [9.17, 15) is 4.79 Å². The minimum absolute atomic E-state index is 0. The lowest BCUT2D eigenvalue weighted by Crippen LogP contribution is -2.00. The molecule has 0 unspecified atom stereocenters. The third kappa shape index (κ3) is 6.59. The molecular formula is C12H22I2N4O. The van der Waals surface area contributed by atoms with Gasteiger partial charge in [-0.05, 0) is 40.2 Å². The van der Waals surface area contributed by atoms with E-state index in [1.807, 2.05) is 20.8 Å². The summed E-state index contributed by atoms with van der Waals surface area (Å²) in [5.74, 6) is 0. The Morgan fingerprint density at radius 2 is 1.42 bits per heavy atom. The van der Waals surface area contributed by atoms with Crippen LogP contribution in [0.4, 0.5) is 0 Å². The SMILES string of the molecule is C.Cc1[nH][nH]c(=O)c1C.Cc1n[nH]c(C)c1C.II. The second kappa shape index (κ2) is 10.5. The van der Waals surface area contributed by atoms with E-state index in [1.165, 1.54) is 11.3 Å². The number of nitrogens with zero attached hydrogens (tertiary/aromatic N) is 1. The first-order valence-corrected chi connectivity index (χ1v) is 11.6. The molecule has 19 heavy (non-hydrogen) atoms. The molecule has 0 aliphatic rings. The van der Waals surface area contributed by atoms with Crippen LogP contribution in [0.15, 0.2) is 4.79 Å². The van der Waals surface area contributed by atoms with Crippen LogP contribution in [0.1, 0.15) is 35.6 Å². The Kier molecular flexibility index (Phi) is 11.6. The lowest BCUT2D eigenvalue weighted by Gasteiger charge is -1.83. The van der Waals surface area contributed by atoms with Crippen LogP contribution in [0.5, 0.6) is 0 Å². The standard InChI is InChI=1S/C6H10N2.C5H8N2O.CH4.I2/c1-4-5(2)7-8-6(4)3;1-3-4(2)6-7-5(3)8;;1-2/h1-3H3,(H,7,8);1-2H3,(H2,6,7,8);1H4;. The van der Waals surface area contributed by atoms with Crippen LogP contribution in [-0.4, -0.2) is 20.4 Å². The van der Waals surface area contributed by atoms with Crippen molar-refractivity contribution in [1.82, 2.24) is 20.4 Å². The number of rotatable bonds is 0. The quantitative estimate of drug-likeness (QED) is 0.486. The molecule has 0 bridgehead atoms. The molecule has 3 N–H and O–H groups in total. The summed E-state index contributed by atoms with van der Waals surface area (Å²) in [6, 6.07) is 0. The van der Waals surface area contributed by atoms with E-state index >= 15 is 0 Å². The van der Waals surface area contributed by atoms with Gasteiger partial charge in [-0.2, -0.15) is 5.10 Å². The minimum Gasteiger partial charge on any atom is -0.302 e. The molecule has 2 heterocycles. The molecule has 0 radical (unpaired) electrons. The van der Waals surface area contributed by atoms with Crippen LogP contribution < -0.4 is 5.56 Å². The monoisotopic (exact) mass is 492 g/mol. The third-order valence-electron chi connectivity index (χ3n) is 2.76. The maximum absolute atomic E-state index is 10.6. The van der Waals surface area contributed by atoms with Crippen LogP contribution in [0.3, 0.4) is 0 Å².